The van der Waals surface area contributed by atoms with Crippen LogP contribution in [-0.4, -0.2) is 118 Å². The molecule has 2 amide bonds. The third-order valence-corrected chi connectivity index (χ3v) is 8.90. The first kappa shape index (κ1) is 40.2. The number of amides is 2. The summed E-state index contributed by atoms with van der Waals surface area (Å²) in [6.45, 7) is 5.98. The second-order valence-electron chi connectivity index (χ2n) is 12.7. The molecule has 0 unspecified atom stereocenters. The molecule has 2 aliphatic heterocycles. The summed E-state index contributed by atoms with van der Waals surface area (Å²) in [5.41, 5.74) is 5.72. The molecule has 1 aromatic rings. The van der Waals surface area contributed by atoms with E-state index in [2.05, 4.69) is 10.6 Å². The summed E-state index contributed by atoms with van der Waals surface area (Å²) in [5, 5.41) is 69.8. The first-order chi connectivity index (χ1) is 23.5. The van der Waals surface area contributed by atoms with E-state index in [4.69, 9.17) is 24.7 Å². The lowest BCUT2D eigenvalue weighted by Crippen LogP contribution is -2.59. The van der Waals surface area contributed by atoms with Crippen molar-refractivity contribution in [1.29, 1.82) is 0 Å². The van der Waals surface area contributed by atoms with Gasteiger partial charge in [0.2, 0.25) is 0 Å². The molecule has 3 rings (SSSR count). The number of rotatable bonds is 6. The lowest BCUT2D eigenvalue weighted by Gasteiger charge is -2.37. The third kappa shape index (κ3) is 9.53. The maximum absolute atomic E-state index is 13.2. The molecule has 10 N–H and O–H groups in total. The second-order valence-corrected chi connectivity index (χ2v) is 12.7. The highest BCUT2D eigenvalue weighted by Gasteiger charge is 2.45. The molecule has 1 aromatic carbocycles. The number of anilines is 2. The molecule has 16 heteroatoms. The molecule has 1 saturated heterocycles. The topological polar surface area (TPSA) is 260 Å². The first-order valence-electron chi connectivity index (χ1n) is 16.1. The van der Waals surface area contributed by atoms with Crippen LogP contribution in [-0.2, 0) is 35.0 Å². The predicted molar refractivity (Wildman–Crippen MR) is 180 cm³/mol. The van der Waals surface area contributed by atoms with Gasteiger partial charge in [0, 0.05) is 37.3 Å². The number of aromatic hydroxyl groups is 2. The van der Waals surface area contributed by atoms with Gasteiger partial charge in [-0.2, -0.15) is 0 Å². The van der Waals surface area contributed by atoms with Crippen molar-refractivity contribution >= 4 is 29.3 Å². The van der Waals surface area contributed by atoms with Gasteiger partial charge in [-0.25, -0.2) is 9.59 Å². The Morgan fingerprint density at radius 2 is 1.76 bits per heavy atom. The molecule has 0 aromatic heterocycles. The molecule has 10 atom stereocenters. The highest BCUT2D eigenvalue weighted by molar-refractivity contribution is 6.05. The molecule has 0 spiro atoms. The molecule has 2 heterocycles. The second kappa shape index (κ2) is 17.6. The Morgan fingerprint density at radius 3 is 2.36 bits per heavy atom. The zero-order valence-electron chi connectivity index (χ0n) is 28.9. The normalized spacial score (nSPS) is 31.6. The molecule has 16 nitrogen and oxygen atoms in total. The van der Waals surface area contributed by atoms with Crippen molar-refractivity contribution in [2.45, 2.75) is 89.3 Å². The Labute approximate surface area is 290 Å². The van der Waals surface area contributed by atoms with Gasteiger partial charge in [-0.05, 0) is 38.2 Å². The van der Waals surface area contributed by atoms with Crippen LogP contribution in [0.1, 0.15) is 39.7 Å². The Bertz CT molecular complexity index is 1480. The van der Waals surface area contributed by atoms with Gasteiger partial charge in [0.25, 0.3) is 5.91 Å². The molecular formula is C34H49N3O13. The number of ether oxygens (including phenoxy) is 4. The van der Waals surface area contributed by atoms with Crippen LogP contribution < -0.4 is 16.4 Å². The number of fused-ring (bicyclic) bond motifs is 2. The average molecular weight is 708 g/mol. The number of cyclic esters (lactones) is 1. The van der Waals surface area contributed by atoms with Gasteiger partial charge in [0.05, 0.1) is 30.2 Å². The van der Waals surface area contributed by atoms with E-state index >= 15 is 0 Å². The van der Waals surface area contributed by atoms with Crippen molar-refractivity contribution in [3.63, 3.8) is 0 Å². The number of carbonyl (C=O) groups is 3. The fourth-order valence-electron chi connectivity index (χ4n) is 6.07. The highest BCUT2D eigenvalue weighted by Crippen LogP contribution is 2.43. The number of phenolic OH excluding ortho intramolecular Hbond substituents is 2. The van der Waals surface area contributed by atoms with Gasteiger partial charge in [-0.15, -0.1) is 0 Å². The van der Waals surface area contributed by atoms with Crippen LogP contribution in [0.4, 0.5) is 16.2 Å². The maximum atomic E-state index is 13.2. The lowest BCUT2D eigenvalue weighted by atomic mass is 9.87. The fraction of sp³-hybridized carbons (Fsp3) is 0.559. The molecule has 2 bridgehead atoms. The van der Waals surface area contributed by atoms with E-state index in [1.165, 1.54) is 33.3 Å². The smallest absolute Gasteiger partial charge is 0.405 e. The van der Waals surface area contributed by atoms with E-state index in [-0.39, 0.29) is 35.4 Å². The number of primary amides is 1. The minimum Gasteiger partial charge on any atom is -0.506 e. The molecule has 2 aliphatic rings. The number of carbonyl (C=O) groups excluding carboxylic acids is 3. The number of aliphatic hydroxyl groups is 4. The van der Waals surface area contributed by atoms with E-state index in [0.717, 1.165) is 6.07 Å². The molecular weight excluding hydrogens is 658 g/mol. The quantitative estimate of drug-likeness (QED) is 0.0865. The van der Waals surface area contributed by atoms with Crippen LogP contribution in [0.25, 0.3) is 0 Å². The minimum atomic E-state index is -1.76. The summed E-state index contributed by atoms with van der Waals surface area (Å²) < 4.78 is 21.6. The van der Waals surface area contributed by atoms with Crippen molar-refractivity contribution in [3.8, 4) is 11.5 Å². The van der Waals surface area contributed by atoms with Gasteiger partial charge >= 0.3 is 12.1 Å². The van der Waals surface area contributed by atoms with E-state index in [1.54, 1.807) is 32.9 Å². The number of benzene rings is 1. The number of methoxy groups -OCH3 is 2. The molecule has 0 aliphatic carbocycles. The number of nitrogens with one attached hydrogen (secondary N) is 2. The molecule has 50 heavy (non-hydrogen) atoms. The van der Waals surface area contributed by atoms with Gasteiger partial charge < -0.3 is 66.0 Å². The zero-order chi connectivity index (χ0) is 37.4. The van der Waals surface area contributed by atoms with E-state index in [1.807, 2.05) is 0 Å². The molecule has 0 saturated carbocycles. The summed E-state index contributed by atoms with van der Waals surface area (Å²) >= 11 is 0. The fourth-order valence-corrected chi connectivity index (χ4v) is 6.07. The van der Waals surface area contributed by atoms with Crippen LogP contribution in [0.3, 0.4) is 0 Å². The van der Waals surface area contributed by atoms with Crippen molar-refractivity contribution in [1.82, 2.24) is 0 Å². The molecule has 0 radical (unpaired) electrons. The zero-order valence-corrected chi connectivity index (χ0v) is 28.9. The SMILES string of the molecule is CO[C@H]1C=CC=C(C)C(=O)Nc2cc(O)c(N[C@@H]3C(=O)O[C@@H](CO)[C@H](O)[C@H]3O)c(c2O)C[C@@H](C)C[C@H](OC)[C@H](O)[C@@H](C)C=C(C)[C@@H]1OC(N)=O. The number of nitrogens with two attached hydrogens (primary N) is 1. The van der Waals surface area contributed by atoms with Crippen LogP contribution in [0, 0.1) is 11.8 Å². The Hall–Kier alpha value is -4.19. The Kier molecular flexibility index (Phi) is 14.2. The van der Waals surface area contributed by atoms with E-state index in [0.29, 0.717) is 5.57 Å². The highest BCUT2D eigenvalue weighted by atomic mass is 16.6. The van der Waals surface area contributed by atoms with Gasteiger partial charge in [0.1, 0.15) is 29.8 Å². The number of hydrogen-bond acceptors (Lipinski definition) is 14. The standard InChI is InChI=1S/C34H49N3O13/c1-15-10-19-25(37-26-30(43)29(42)24(14-38)49-33(26)45)21(39)13-20(28(19)41)36-32(44)16(2)8-7-9-22(47-5)31(50-34(35)46)18(4)12-17(3)27(40)23(11-15)48-6/h7-9,12-13,15,17,22-24,26-27,29-31,37-43H,10-11,14H2,1-6H3,(H2,35,46)(H,36,44)/t15-,17+,22+,23+,24+,26+,27-,29+,30+,31+/m1/s1. The average Bonchev–Trinajstić information content (AvgIpc) is 3.06. The number of esters is 1. The summed E-state index contributed by atoms with van der Waals surface area (Å²) in [6, 6.07) is -0.560. The van der Waals surface area contributed by atoms with Crippen molar-refractivity contribution in [2.75, 3.05) is 31.5 Å². The van der Waals surface area contributed by atoms with Crippen LogP contribution in [0.15, 0.2) is 41.5 Å². The predicted octanol–water partition coefficient (Wildman–Crippen LogP) is 0.978. The Morgan fingerprint density at radius 1 is 1.08 bits per heavy atom. The summed E-state index contributed by atoms with van der Waals surface area (Å²) in [4.78, 5) is 37.8. The molecule has 1 fully saturated rings. The van der Waals surface area contributed by atoms with Crippen LogP contribution >= 0.6 is 0 Å². The largest absolute Gasteiger partial charge is 0.506 e. The van der Waals surface area contributed by atoms with Crippen LogP contribution in [0.2, 0.25) is 0 Å². The Balaban J connectivity index is 2.13. The van der Waals surface area contributed by atoms with E-state index in [9.17, 15) is 45.0 Å². The van der Waals surface area contributed by atoms with Crippen molar-refractivity contribution in [3.05, 3.63) is 47.1 Å². The van der Waals surface area contributed by atoms with Gasteiger partial charge in [0.15, 0.2) is 18.2 Å². The number of phenols is 2. The van der Waals surface area contributed by atoms with Crippen LogP contribution in [0.5, 0.6) is 11.5 Å². The summed E-state index contributed by atoms with van der Waals surface area (Å²) in [6.07, 6.45) is -3.09. The lowest BCUT2D eigenvalue weighted by molar-refractivity contribution is -0.185. The maximum Gasteiger partial charge on any atom is 0.405 e. The number of aliphatic hydroxyl groups excluding tert-OH is 4. The monoisotopic (exact) mass is 707 g/mol. The summed E-state index contributed by atoms with van der Waals surface area (Å²) in [5.74, 6) is -3.60. The minimum absolute atomic E-state index is 0.0114. The number of hydrogen-bond donors (Lipinski definition) is 9. The van der Waals surface area contributed by atoms with Gasteiger partial charge in [-0.1, -0.05) is 38.2 Å². The molecule has 278 valence electrons. The summed E-state index contributed by atoms with van der Waals surface area (Å²) in [7, 11) is 2.82. The van der Waals surface area contributed by atoms with Crippen molar-refractivity contribution < 1.29 is 64.0 Å². The van der Waals surface area contributed by atoms with Gasteiger partial charge in [-0.3, -0.25) is 4.79 Å². The first-order valence-corrected chi connectivity index (χ1v) is 16.1. The van der Waals surface area contributed by atoms with Crippen molar-refractivity contribution in [2.24, 2.45) is 17.6 Å². The van der Waals surface area contributed by atoms with E-state index < -0.39 is 96.7 Å². The third-order valence-electron chi connectivity index (χ3n) is 8.90. The number of allylic oxidation sites excluding steroid dienone is 2.